The summed E-state index contributed by atoms with van der Waals surface area (Å²) in [7, 11) is 0. The van der Waals surface area contributed by atoms with Crippen molar-refractivity contribution in [1.82, 2.24) is 9.80 Å². The van der Waals surface area contributed by atoms with Crippen LogP contribution in [0, 0.1) is 0 Å². The molecule has 0 saturated carbocycles. The fraction of sp³-hybridized carbons (Fsp3) is 0.857. The van der Waals surface area contributed by atoms with Crippen LogP contribution in [0.2, 0.25) is 0 Å². The predicted octanol–water partition coefficient (Wildman–Crippen LogP) is 1.01. The maximum absolute atomic E-state index is 13.1. The standard InChI is InChI=1S/C14H22F2N2O3/c1-11(20)18-6-2-3-13(18,10-19)9-12(21)17-7-4-14(15,16)5-8-17/h19H,2-10H2,1H3. The van der Waals surface area contributed by atoms with E-state index in [1.807, 2.05) is 0 Å². The van der Waals surface area contributed by atoms with Crippen LogP contribution in [0.15, 0.2) is 0 Å². The number of likely N-dealkylation sites (tertiary alicyclic amines) is 2. The molecule has 1 atom stereocenters. The Morgan fingerprint density at radius 2 is 1.76 bits per heavy atom. The molecule has 5 nitrogen and oxygen atoms in total. The Bertz CT molecular complexity index is 420. The first-order valence-corrected chi connectivity index (χ1v) is 7.34. The molecule has 2 aliphatic heterocycles. The second kappa shape index (κ2) is 5.87. The summed E-state index contributed by atoms with van der Waals surface area (Å²) in [4.78, 5) is 27.0. The van der Waals surface area contributed by atoms with Crippen LogP contribution < -0.4 is 0 Å². The van der Waals surface area contributed by atoms with E-state index in [1.54, 1.807) is 4.90 Å². The summed E-state index contributed by atoms with van der Waals surface area (Å²) in [6.45, 7) is 1.74. The number of alkyl halides is 2. The molecule has 0 spiro atoms. The van der Waals surface area contributed by atoms with Crippen LogP contribution in [-0.2, 0) is 9.59 Å². The van der Waals surface area contributed by atoms with Crippen LogP contribution in [0.3, 0.4) is 0 Å². The lowest BCUT2D eigenvalue weighted by atomic mass is 9.91. The average molecular weight is 304 g/mol. The first-order chi connectivity index (χ1) is 9.80. The third-order valence-corrected chi connectivity index (χ3v) is 4.60. The van der Waals surface area contributed by atoms with Crippen molar-refractivity contribution >= 4 is 11.8 Å². The van der Waals surface area contributed by atoms with Crippen LogP contribution in [0.1, 0.15) is 39.0 Å². The molecule has 120 valence electrons. The Kier molecular flexibility index (Phi) is 4.51. The Hall–Kier alpha value is -1.24. The van der Waals surface area contributed by atoms with E-state index in [9.17, 15) is 23.5 Å². The number of halogens is 2. The van der Waals surface area contributed by atoms with Crippen LogP contribution in [0.25, 0.3) is 0 Å². The number of amides is 2. The van der Waals surface area contributed by atoms with Gasteiger partial charge in [0.05, 0.1) is 18.6 Å². The molecule has 0 aromatic rings. The van der Waals surface area contributed by atoms with E-state index >= 15 is 0 Å². The molecule has 1 N–H and O–H groups in total. The summed E-state index contributed by atoms with van der Waals surface area (Å²) >= 11 is 0. The van der Waals surface area contributed by atoms with Crippen molar-refractivity contribution in [1.29, 1.82) is 0 Å². The minimum atomic E-state index is -2.69. The summed E-state index contributed by atoms with van der Waals surface area (Å²) in [5, 5.41) is 9.68. The maximum atomic E-state index is 13.1. The number of aliphatic hydroxyl groups excluding tert-OH is 1. The quantitative estimate of drug-likeness (QED) is 0.846. The van der Waals surface area contributed by atoms with Crippen molar-refractivity contribution < 1.29 is 23.5 Å². The third-order valence-electron chi connectivity index (χ3n) is 4.60. The Balaban J connectivity index is 2.02. The van der Waals surface area contributed by atoms with Gasteiger partial charge in [-0.3, -0.25) is 9.59 Å². The molecule has 2 rings (SSSR count). The SMILES string of the molecule is CC(=O)N1CCCC1(CO)CC(=O)N1CCC(F)(F)CC1. The largest absolute Gasteiger partial charge is 0.394 e. The fourth-order valence-corrected chi connectivity index (χ4v) is 3.31. The van der Waals surface area contributed by atoms with E-state index < -0.39 is 11.5 Å². The molecule has 0 bridgehead atoms. The van der Waals surface area contributed by atoms with Crippen molar-refractivity contribution in [2.45, 2.75) is 50.5 Å². The van der Waals surface area contributed by atoms with Gasteiger partial charge in [0.1, 0.15) is 0 Å². The zero-order valence-electron chi connectivity index (χ0n) is 12.3. The smallest absolute Gasteiger partial charge is 0.251 e. The lowest BCUT2D eigenvalue weighted by Crippen LogP contribution is -2.53. The van der Waals surface area contributed by atoms with Gasteiger partial charge in [0, 0.05) is 39.4 Å². The molecule has 2 heterocycles. The minimum Gasteiger partial charge on any atom is -0.394 e. The zero-order valence-corrected chi connectivity index (χ0v) is 12.3. The highest BCUT2D eigenvalue weighted by Crippen LogP contribution is 2.34. The van der Waals surface area contributed by atoms with Gasteiger partial charge in [0.25, 0.3) is 5.92 Å². The Morgan fingerprint density at radius 1 is 1.14 bits per heavy atom. The van der Waals surface area contributed by atoms with Gasteiger partial charge in [-0.15, -0.1) is 0 Å². The summed E-state index contributed by atoms with van der Waals surface area (Å²) in [5.74, 6) is -3.11. The van der Waals surface area contributed by atoms with Crippen LogP contribution in [0.4, 0.5) is 8.78 Å². The molecule has 2 saturated heterocycles. The monoisotopic (exact) mass is 304 g/mol. The van der Waals surface area contributed by atoms with E-state index in [1.165, 1.54) is 11.8 Å². The molecule has 2 amide bonds. The molecule has 0 aromatic heterocycles. The van der Waals surface area contributed by atoms with Crippen molar-refractivity contribution in [3.05, 3.63) is 0 Å². The van der Waals surface area contributed by atoms with E-state index in [2.05, 4.69) is 0 Å². The van der Waals surface area contributed by atoms with Crippen molar-refractivity contribution in [2.75, 3.05) is 26.2 Å². The first kappa shape index (κ1) is 16.1. The van der Waals surface area contributed by atoms with E-state index in [4.69, 9.17) is 0 Å². The summed E-state index contributed by atoms with van der Waals surface area (Å²) in [5.41, 5.74) is -0.858. The molecule has 2 fully saturated rings. The predicted molar refractivity (Wildman–Crippen MR) is 71.8 cm³/mol. The summed E-state index contributed by atoms with van der Waals surface area (Å²) in [6.07, 6.45) is 0.682. The number of carbonyl (C=O) groups excluding carboxylic acids is 2. The van der Waals surface area contributed by atoms with Crippen molar-refractivity contribution in [3.8, 4) is 0 Å². The number of aliphatic hydroxyl groups is 1. The lowest BCUT2D eigenvalue weighted by Gasteiger charge is -2.39. The van der Waals surface area contributed by atoms with Gasteiger partial charge in [-0.2, -0.15) is 0 Å². The van der Waals surface area contributed by atoms with Gasteiger partial charge in [-0.05, 0) is 12.8 Å². The van der Waals surface area contributed by atoms with E-state index in [-0.39, 0.29) is 50.8 Å². The molecule has 21 heavy (non-hydrogen) atoms. The summed E-state index contributed by atoms with van der Waals surface area (Å²) < 4.78 is 26.2. The molecule has 0 aromatic carbocycles. The van der Waals surface area contributed by atoms with Crippen LogP contribution in [0.5, 0.6) is 0 Å². The highest BCUT2D eigenvalue weighted by molar-refractivity contribution is 5.80. The van der Waals surface area contributed by atoms with Crippen LogP contribution >= 0.6 is 0 Å². The topological polar surface area (TPSA) is 60.9 Å². The molecule has 0 radical (unpaired) electrons. The van der Waals surface area contributed by atoms with Gasteiger partial charge < -0.3 is 14.9 Å². The number of piperidine rings is 1. The highest BCUT2D eigenvalue weighted by atomic mass is 19.3. The highest BCUT2D eigenvalue weighted by Gasteiger charge is 2.45. The van der Waals surface area contributed by atoms with E-state index in [0.29, 0.717) is 13.0 Å². The minimum absolute atomic E-state index is 0.00858. The zero-order chi connectivity index (χ0) is 15.7. The molecular formula is C14H22F2N2O3. The normalized spacial score (nSPS) is 28.8. The molecule has 0 aliphatic carbocycles. The number of hydrogen-bond acceptors (Lipinski definition) is 3. The Morgan fingerprint density at radius 3 is 2.29 bits per heavy atom. The lowest BCUT2D eigenvalue weighted by molar-refractivity contribution is -0.144. The van der Waals surface area contributed by atoms with Gasteiger partial charge in [0.2, 0.25) is 11.8 Å². The van der Waals surface area contributed by atoms with Crippen LogP contribution in [-0.4, -0.2) is 64.4 Å². The second-order valence-corrected chi connectivity index (χ2v) is 6.07. The molecule has 1 unspecified atom stereocenters. The Labute approximate surface area is 122 Å². The van der Waals surface area contributed by atoms with Crippen molar-refractivity contribution in [3.63, 3.8) is 0 Å². The first-order valence-electron chi connectivity index (χ1n) is 7.34. The second-order valence-electron chi connectivity index (χ2n) is 6.07. The molecule has 2 aliphatic rings. The van der Waals surface area contributed by atoms with Crippen molar-refractivity contribution in [2.24, 2.45) is 0 Å². The number of rotatable bonds is 3. The average Bonchev–Trinajstić information content (AvgIpc) is 2.83. The fourth-order valence-electron chi connectivity index (χ4n) is 3.31. The van der Waals surface area contributed by atoms with Gasteiger partial charge >= 0.3 is 0 Å². The number of hydrogen-bond donors (Lipinski definition) is 1. The number of nitrogens with zero attached hydrogens (tertiary/aromatic N) is 2. The molecular weight excluding hydrogens is 282 g/mol. The number of carbonyl (C=O) groups is 2. The molecule has 7 heteroatoms. The van der Waals surface area contributed by atoms with Gasteiger partial charge in [-0.25, -0.2) is 8.78 Å². The third kappa shape index (κ3) is 3.33. The van der Waals surface area contributed by atoms with Gasteiger partial charge in [0.15, 0.2) is 0 Å². The maximum Gasteiger partial charge on any atom is 0.251 e. The van der Waals surface area contributed by atoms with E-state index in [0.717, 1.165) is 6.42 Å². The summed E-state index contributed by atoms with van der Waals surface area (Å²) in [6, 6.07) is 0. The van der Waals surface area contributed by atoms with Gasteiger partial charge in [-0.1, -0.05) is 0 Å².